The number of rotatable bonds is 10. The van der Waals surface area contributed by atoms with Gasteiger partial charge in [0, 0.05) is 24.3 Å². The van der Waals surface area contributed by atoms with E-state index in [1.165, 1.54) is 12.1 Å². The Kier molecular flexibility index (Phi) is 7.58. The second-order valence-corrected chi connectivity index (χ2v) is 9.95. The second kappa shape index (κ2) is 10.1. The summed E-state index contributed by atoms with van der Waals surface area (Å²) in [7, 11) is -3.57. The van der Waals surface area contributed by atoms with E-state index in [0.717, 1.165) is 35.9 Å². The SMILES string of the molecule is CCCCN(CCCC)S(=O)(=O)c1ccc(C(=O)Nc2ccc3scnc3c2)cc1. The average Bonchev–Trinajstić information content (AvgIpc) is 3.21. The molecule has 1 heterocycles. The van der Waals surface area contributed by atoms with Crippen LogP contribution in [0.1, 0.15) is 49.9 Å². The van der Waals surface area contributed by atoms with Crippen LogP contribution >= 0.6 is 11.3 Å². The normalized spacial score (nSPS) is 11.8. The number of benzene rings is 2. The first-order valence-corrected chi connectivity index (χ1v) is 12.5. The summed E-state index contributed by atoms with van der Waals surface area (Å²) in [5.74, 6) is -0.289. The lowest BCUT2D eigenvalue weighted by Gasteiger charge is -2.22. The van der Waals surface area contributed by atoms with E-state index in [0.29, 0.717) is 24.3 Å². The average molecular weight is 446 g/mol. The number of anilines is 1. The van der Waals surface area contributed by atoms with Gasteiger partial charge in [0.05, 0.1) is 20.6 Å². The predicted molar refractivity (Wildman–Crippen MR) is 123 cm³/mol. The second-order valence-electron chi connectivity index (χ2n) is 7.12. The number of unbranched alkanes of at least 4 members (excludes halogenated alkanes) is 2. The number of aromatic nitrogens is 1. The van der Waals surface area contributed by atoms with Crippen LogP contribution in [-0.4, -0.2) is 36.7 Å². The minimum absolute atomic E-state index is 0.218. The fourth-order valence-electron chi connectivity index (χ4n) is 3.09. The minimum atomic E-state index is -3.57. The van der Waals surface area contributed by atoms with Crippen LogP contribution in [-0.2, 0) is 10.0 Å². The molecule has 0 spiro atoms. The molecule has 3 rings (SSSR count). The zero-order valence-corrected chi connectivity index (χ0v) is 18.9. The molecule has 0 bridgehead atoms. The van der Waals surface area contributed by atoms with Crippen LogP contribution in [0, 0.1) is 0 Å². The van der Waals surface area contributed by atoms with Crippen LogP contribution in [0.5, 0.6) is 0 Å². The highest BCUT2D eigenvalue weighted by Crippen LogP contribution is 2.22. The zero-order chi connectivity index (χ0) is 21.6. The molecule has 0 unspecified atom stereocenters. The Hall–Kier alpha value is -2.29. The Bertz CT molecular complexity index is 1080. The number of hydrogen-bond donors (Lipinski definition) is 1. The van der Waals surface area contributed by atoms with E-state index >= 15 is 0 Å². The van der Waals surface area contributed by atoms with Gasteiger partial charge in [-0.15, -0.1) is 11.3 Å². The summed E-state index contributed by atoms with van der Waals surface area (Å²) >= 11 is 1.54. The molecule has 6 nitrogen and oxygen atoms in total. The molecule has 0 fully saturated rings. The van der Waals surface area contributed by atoms with Gasteiger partial charge in [0.25, 0.3) is 5.91 Å². The number of nitrogens with one attached hydrogen (secondary N) is 1. The Morgan fingerprint density at radius 2 is 1.70 bits per heavy atom. The van der Waals surface area contributed by atoms with Crippen LogP contribution < -0.4 is 5.32 Å². The predicted octanol–water partition coefficient (Wildman–Crippen LogP) is 5.14. The maximum atomic E-state index is 13.0. The molecule has 0 radical (unpaired) electrons. The molecule has 3 aromatic rings. The van der Waals surface area contributed by atoms with Crippen LogP contribution in [0.3, 0.4) is 0 Å². The molecule has 160 valence electrons. The van der Waals surface area contributed by atoms with Crippen molar-refractivity contribution in [2.75, 3.05) is 18.4 Å². The highest BCUT2D eigenvalue weighted by Gasteiger charge is 2.23. The summed E-state index contributed by atoms with van der Waals surface area (Å²) in [6, 6.07) is 11.7. The monoisotopic (exact) mass is 445 g/mol. The van der Waals surface area contributed by atoms with Crippen molar-refractivity contribution >= 4 is 43.2 Å². The molecule has 0 aliphatic rings. The van der Waals surface area contributed by atoms with Crippen molar-refractivity contribution in [1.29, 1.82) is 0 Å². The number of hydrogen-bond acceptors (Lipinski definition) is 5. The van der Waals surface area contributed by atoms with Crippen LogP contribution in [0.25, 0.3) is 10.2 Å². The van der Waals surface area contributed by atoms with E-state index < -0.39 is 10.0 Å². The summed E-state index contributed by atoms with van der Waals surface area (Å²) in [4.78, 5) is 17.0. The van der Waals surface area contributed by atoms with Crippen molar-refractivity contribution in [3.05, 3.63) is 53.5 Å². The largest absolute Gasteiger partial charge is 0.322 e. The number of nitrogens with zero attached hydrogens (tertiary/aromatic N) is 2. The number of sulfonamides is 1. The maximum absolute atomic E-state index is 13.0. The standard InChI is InChI=1S/C22H27N3O3S2/c1-3-5-13-25(14-6-4-2)30(27,28)19-10-7-17(8-11-19)22(26)24-18-9-12-21-20(15-18)23-16-29-21/h7-12,15-16H,3-6,13-14H2,1-2H3,(H,24,26). The van der Waals surface area contributed by atoms with E-state index in [4.69, 9.17) is 0 Å². The van der Waals surface area contributed by atoms with Crippen molar-refractivity contribution in [2.24, 2.45) is 0 Å². The van der Waals surface area contributed by atoms with Crippen LogP contribution in [0.2, 0.25) is 0 Å². The maximum Gasteiger partial charge on any atom is 0.255 e. The fraction of sp³-hybridized carbons (Fsp3) is 0.364. The third-order valence-corrected chi connectivity index (χ3v) is 7.59. The molecule has 1 amide bonds. The highest BCUT2D eigenvalue weighted by atomic mass is 32.2. The van der Waals surface area contributed by atoms with Gasteiger partial charge in [-0.25, -0.2) is 13.4 Å². The zero-order valence-electron chi connectivity index (χ0n) is 17.3. The third kappa shape index (κ3) is 5.24. The molecule has 1 aromatic heterocycles. The van der Waals surface area contributed by atoms with Gasteiger partial charge in [-0.1, -0.05) is 26.7 Å². The molecule has 0 aliphatic carbocycles. The number of fused-ring (bicyclic) bond motifs is 1. The fourth-order valence-corrected chi connectivity index (χ4v) is 5.26. The quantitative estimate of drug-likeness (QED) is 0.469. The third-order valence-electron chi connectivity index (χ3n) is 4.86. The molecular weight excluding hydrogens is 418 g/mol. The van der Waals surface area contributed by atoms with Crippen LogP contribution in [0.15, 0.2) is 52.9 Å². The Morgan fingerprint density at radius 1 is 1.03 bits per heavy atom. The van der Waals surface area contributed by atoms with Gasteiger partial charge in [-0.05, 0) is 55.3 Å². The van der Waals surface area contributed by atoms with Crippen molar-refractivity contribution in [2.45, 2.75) is 44.4 Å². The number of carbonyl (C=O) groups is 1. The van der Waals surface area contributed by atoms with Gasteiger partial charge in [0.2, 0.25) is 10.0 Å². The molecule has 2 aromatic carbocycles. The van der Waals surface area contributed by atoms with E-state index in [9.17, 15) is 13.2 Å². The van der Waals surface area contributed by atoms with E-state index in [2.05, 4.69) is 10.3 Å². The van der Waals surface area contributed by atoms with Gasteiger partial charge >= 0.3 is 0 Å². The number of amides is 1. The first kappa shape index (κ1) is 22.4. The molecular formula is C22H27N3O3S2. The lowest BCUT2D eigenvalue weighted by atomic mass is 10.2. The lowest BCUT2D eigenvalue weighted by Crippen LogP contribution is -2.33. The van der Waals surface area contributed by atoms with Crippen molar-refractivity contribution in [1.82, 2.24) is 9.29 Å². The Morgan fingerprint density at radius 3 is 2.33 bits per heavy atom. The number of carbonyl (C=O) groups excluding carboxylic acids is 1. The van der Waals surface area contributed by atoms with E-state index in [-0.39, 0.29) is 10.8 Å². The Labute approximate surface area is 182 Å². The minimum Gasteiger partial charge on any atom is -0.322 e. The molecule has 0 atom stereocenters. The van der Waals surface area contributed by atoms with Gasteiger partial charge in [0.15, 0.2) is 0 Å². The van der Waals surface area contributed by atoms with Gasteiger partial charge in [-0.2, -0.15) is 4.31 Å². The summed E-state index contributed by atoms with van der Waals surface area (Å²) in [5, 5.41) is 2.84. The summed E-state index contributed by atoms with van der Waals surface area (Å²) < 4.78 is 28.7. The van der Waals surface area contributed by atoms with Crippen molar-refractivity contribution < 1.29 is 13.2 Å². The molecule has 8 heteroatoms. The van der Waals surface area contributed by atoms with Crippen LogP contribution in [0.4, 0.5) is 5.69 Å². The van der Waals surface area contributed by atoms with Gasteiger partial charge in [0.1, 0.15) is 0 Å². The summed E-state index contributed by atoms with van der Waals surface area (Å²) in [6.07, 6.45) is 3.52. The molecule has 0 saturated heterocycles. The number of thiazole rings is 1. The first-order chi connectivity index (χ1) is 14.5. The molecule has 0 saturated carbocycles. The van der Waals surface area contributed by atoms with Crippen molar-refractivity contribution in [3.8, 4) is 0 Å². The van der Waals surface area contributed by atoms with Crippen molar-refractivity contribution in [3.63, 3.8) is 0 Å². The lowest BCUT2D eigenvalue weighted by molar-refractivity contribution is 0.102. The first-order valence-electron chi connectivity index (χ1n) is 10.2. The summed E-state index contributed by atoms with van der Waals surface area (Å²) in [5.41, 5.74) is 3.65. The van der Waals surface area contributed by atoms with E-state index in [1.54, 1.807) is 33.3 Å². The molecule has 1 N–H and O–H groups in total. The summed E-state index contributed by atoms with van der Waals surface area (Å²) in [6.45, 7) is 5.12. The van der Waals surface area contributed by atoms with E-state index in [1.807, 2.05) is 32.0 Å². The van der Waals surface area contributed by atoms with Gasteiger partial charge in [-0.3, -0.25) is 4.79 Å². The van der Waals surface area contributed by atoms with Gasteiger partial charge < -0.3 is 5.32 Å². The Balaban J connectivity index is 1.74. The highest BCUT2D eigenvalue weighted by molar-refractivity contribution is 7.89. The molecule has 0 aliphatic heterocycles. The smallest absolute Gasteiger partial charge is 0.255 e. The topological polar surface area (TPSA) is 79.4 Å². The molecule has 30 heavy (non-hydrogen) atoms.